The van der Waals surface area contributed by atoms with Gasteiger partial charge in [-0.3, -0.25) is 4.18 Å². The number of nitrogens with zero attached hydrogens (tertiary/aromatic N) is 3. The molecule has 124 valence electrons. The van der Waals surface area contributed by atoms with Crippen LogP contribution in [0.2, 0.25) is 0 Å². The third-order valence-corrected chi connectivity index (χ3v) is 5.61. The molecule has 1 aliphatic heterocycles. The molecule has 1 saturated heterocycles. The molecule has 0 N–H and O–H groups in total. The fourth-order valence-electron chi connectivity index (χ4n) is 3.29. The maximum absolute atomic E-state index is 12.1. The van der Waals surface area contributed by atoms with Gasteiger partial charge in [-0.25, -0.2) is 0 Å². The van der Waals surface area contributed by atoms with Gasteiger partial charge in [0.2, 0.25) is 0 Å². The number of hydrogen-bond acceptors (Lipinski definition) is 6. The van der Waals surface area contributed by atoms with Crippen molar-refractivity contribution < 1.29 is 12.6 Å². The van der Waals surface area contributed by atoms with E-state index in [9.17, 15) is 18.9 Å². The second kappa shape index (κ2) is 6.35. The molecule has 2 aliphatic rings. The van der Waals surface area contributed by atoms with Crippen molar-refractivity contribution in [3.63, 3.8) is 0 Å². The molecule has 0 spiro atoms. The molecular weight excluding hydrogens is 314 g/mol. The average molecular weight is 335 g/mol. The summed E-state index contributed by atoms with van der Waals surface area (Å²) in [6.07, 6.45) is 3.18. The Balaban J connectivity index is 2.72. The smallest absolute Gasteiger partial charge is 0.307 e. The van der Waals surface area contributed by atoms with E-state index in [4.69, 9.17) is 0 Å². The Morgan fingerprint density at radius 1 is 1.22 bits per heavy atom. The predicted molar refractivity (Wildman–Crippen MR) is 85.0 cm³/mol. The quantitative estimate of drug-likeness (QED) is 0.581. The van der Waals surface area contributed by atoms with Crippen molar-refractivity contribution in [2.45, 2.75) is 39.5 Å². The van der Waals surface area contributed by atoms with Crippen LogP contribution in [0, 0.1) is 28.1 Å². The second-order valence-corrected chi connectivity index (χ2v) is 8.34. The molecule has 2 rings (SSSR count). The highest BCUT2D eigenvalue weighted by Crippen LogP contribution is 2.45. The van der Waals surface area contributed by atoms with Crippen LogP contribution < -0.4 is 0 Å². The lowest BCUT2D eigenvalue weighted by Crippen LogP contribution is -2.30. The van der Waals surface area contributed by atoms with Crippen LogP contribution in [0.1, 0.15) is 39.5 Å². The van der Waals surface area contributed by atoms with Gasteiger partial charge in [0.15, 0.2) is 4.91 Å². The summed E-state index contributed by atoms with van der Waals surface area (Å²) in [5, 5.41) is 19.0. The van der Waals surface area contributed by atoms with E-state index < -0.39 is 15.0 Å². The van der Waals surface area contributed by atoms with Crippen LogP contribution in [-0.4, -0.2) is 33.5 Å². The minimum atomic E-state index is -4.14. The first kappa shape index (κ1) is 17.5. The molecule has 0 saturated carbocycles. The monoisotopic (exact) mass is 335 g/mol. The van der Waals surface area contributed by atoms with Crippen LogP contribution in [0.3, 0.4) is 0 Å². The van der Waals surface area contributed by atoms with Crippen molar-refractivity contribution in [2.75, 3.05) is 20.2 Å². The summed E-state index contributed by atoms with van der Waals surface area (Å²) in [7, 11) is -3.11. The molecule has 1 heterocycles. The third kappa shape index (κ3) is 3.41. The highest BCUT2D eigenvalue weighted by Gasteiger charge is 2.37. The summed E-state index contributed by atoms with van der Waals surface area (Å²) in [6.45, 7) is 5.77. The molecule has 1 fully saturated rings. The van der Waals surface area contributed by atoms with Gasteiger partial charge in [-0.15, -0.1) is 0 Å². The molecule has 23 heavy (non-hydrogen) atoms. The summed E-state index contributed by atoms with van der Waals surface area (Å²) >= 11 is 0. The fourth-order valence-corrected chi connectivity index (χ4v) is 4.04. The number of nitriles is 2. The number of likely N-dealkylation sites (tertiary alicyclic amines) is 1. The number of hydrogen-bond donors (Lipinski definition) is 0. The zero-order valence-electron chi connectivity index (χ0n) is 13.7. The Bertz CT molecular complexity index is 742. The maximum atomic E-state index is 12.1. The van der Waals surface area contributed by atoms with E-state index in [0.29, 0.717) is 18.4 Å². The first-order chi connectivity index (χ1) is 10.8. The predicted octanol–water partition coefficient (Wildman–Crippen LogP) is 2.43. The Labute approximate surface area is 137 Å². The molecule has 0 amide bonds. The second-order valence-electron chi connectivity index (χ2n) is 6.69. The average Bonchev–Trinajstić information content (AvgIpc) is 3.00. The van der Waals surface area contributed by atoms with E-state index in [-0.39, 0.29) is 11.0 Å². The van der Waals surface area contributed by atoms with Crippen molar-refractivity contribution >= 4 is 10.1 Å². The molecule has 0 aromatic rings. The topological polar surface area (TPSA) is 94.2 Å². The van der Waals surface area contributed by atoms with Crippen LogP contribution in [0.25, 0.3) is 0 Å². The summed E-state index contributed by atoms with van der Waals surface area (Å²) < 4.78 is 28.7. The summed E-state index contributed by atoms with van der Waals surface area (Å²) in [5.74, 6) is 0. The highest BCUT2D eigenvalue weighted by atomic mass is 32.2. The Hall–Kier alpha value is -1.83. The van der Waals surface area contributed by atoms with Gasteiger partial charge in [-0.1, -0.05) is 13.8 Å². The Morgan fingerprint density at radius 2 is 1.83 bits per heavy atom. The van der Waals surface area contributed by atoms with E-state index in [1.807, 2.05) is 13.8 Å². The molecule has 0 aromatic heterocycles. The Kier molecular flexibility index (Phi) is 4.84. The van der Waals surface area contributed by atoms with Crippen molar-refractivity contribution in [2.24, 2.45) is 5.41 Å². The van der Waals surface area contributed by atoms with E-state index >= 15 is 0 Å². The molecule has 6 nitrogen and oxygen atoms in total. The highest BCUT2D eigenvalue weighted by molar-refractivity contribution is 7.91. The van der Waals surface area contributed by atoms with Crippen molar-refractivity contribution in [3.05, 3.63) is 21.7 Å². The van der Waals surface area contributed by atoms with Gasteiger partial charge in [0, 0.05) is 24.4 Å². The molecule has 1 aliphatic carbocycles. The van der Waals surface area contributed by atoms with E-state index in [0.717, 1.165) is 38.7 Å². The van der Waals surface area contributed by atoms with Crippen LogP contribution in [0.15, 0.2) is 21.7 Å². The van der Waals surface area contributed by atoms with E-state index in [1.165, 1.54) is 0 Å². The molecule has 0 aromatic carbocycles. The summed E-state index contributed by atoms with van der Waals surface area (Å²) in [6, 6.07) is 3.88. The third-order valence-electron chi connectivity index (χ3n) is 4.34. The lowest BCUT2D eigenvalue weighted by molar-refractivity contribution is 0.287. The molecule has 0 bridgehead atoms. The van der Waals surface area contributed by atoms with Gasteiger partial charge >= 0.3 is 10.1 Å². The van der Waals surface area contributed by atoms with Crippen molar-refractivity contribution in [3.8, 4) is 12.1 Å². The minimum absolute atomic E-state index is 0.223. The largest absolute Gasteiger partial charge is 0.374 e. The van der Waals surface area contributed by atoms with Gasteiger partial charge in [0.1, 0.15) is 12.1 Å². The van der Waals surface area contributed by atoms with Gasteiger partial charge in [0.05, 0.1) is 12.7 Å². The SMILES string of the molecule is COS(=O)(=O)/C(C#N)=C1/CC(C)(C)CC(N2CCCC2)=C1C#N. The van der Waals surface area contributed by atoms with E-state index in [2.05, 4.69) is 15.2 Å². The maximum Gasteiger partial charge on any atom is 0.307 e. The van der Waals surface area contributed by atoms with Crippen molar-refractivity contribution in [1.82, 2.24) is 4.90 Å². The fraction of sp³-hybridized carbons (Fsp3) is 0.625. The van der Waals surface area contributed by atoms with Crippen LogP contribution in [0.4, 0.5) is 0 Å². The van der Waals surface area contributed by atoms with Crippen molar-refractivity contribution in [1.29, 1.82) is 10.5 Å². The first-order valence-electron chi connectivity index (χ1n) is 7.58. The van der Waals surface area contributed by atoms with Gasteiger partial charge in [-0.05, 0) is 31.1 Å². The molecule has 0 atom stereocenters. The van der Waals surface area contributed by atoms with Crippen LogP contribution >= 0.6 is 0 Å². The number of allylic oxidation sites excluding steroid dienone is 4. The van der Waals surface area contributed by atoms with E-state index in [1.54, 1.807) is 6.07 Å². The van der Waals surface area contributed by atoms with Crippen LogP contribution in [0.5, 0.6) is 0 Å². The zero-order valence-corrected chi connectivity index (χ0v) is 14.5. The lowest BCUT2D eigenvalue weighted by Gasteiger charge is -2.37. The molecule has 0 radical (unpaired) electrons. The number of rotatable bonds is 3. The molecule has 0 unspecified atom stereocenters. The lowest BCUT2D eigenvalue weighted by atomic mass is 9.73. The van der Waals surface area contributed by atoms with Crippen LogP contribution in [-0.2, 0) is 14.3 Å². The first-order valence-corrected chi connectivity index (χ1v) is 8.99. The van der Waals surface area contributed by atoms with Gasteiger partial charge < -0.3 is 4.90 Å². The molecular formula is C16H21N3O3S. The zero-order chi connectivity index (χ0) is 17.3. The van der Waals surface area contributed by atoms with Gasteiger partial charge in [-0.2, -0.15) is 18.9 Å². The van der Waals surface area contributed by atoms with Gasteiger partial charge in [0.25, 0.3) is 0 Å². The normalized spacial score (nSPS) is 23.4. The molecule has 7 heteroatoms. The summed E-state index contributed by atoms with van der Waals surface area (Å²) in [5.41, 5.74) is 1.24. The standard InChI is InChI=1S/C16H21N3O3S/c1-16(2)8-12(15(11-18)23(20,21)22-3)13(10-17)14(9-16)19-6-4-5-7-19/h4-9H2,1-3H3/b15-12-. The minimum Gasteiger partial charge on any atom is -0.374 e. The summed E-state index contributed by atoms with van der Waals surface area (Å²) in [4.78, 5) is 1.70. The Morgan fingerprint density at radius 3 is 2.30 bits per heavy atom.